The smallest absolute Gasteiger partial charge is 0.463 e. The number of phosphoric acid groups is 1. The predicted molar refractivity (Wildman–Crippen MR) is 210 cm³/mol. The van der Waals surface area contributed by atoms with E-state index in [1.807, 2.05) is 0 Å². The second-order valence-electron chi connectivity index (χ2n) is 12.5. The molecule has 0 aromatic carbocycles. The lowest BCUT2D eigenvalue weighted by molar-refractivity contribution is -0.147. The molecular weight excluding hydrogens is 665 g/mol. The molecule has 3 N–H and O–H groups in total. The van der Waals surface area contributed by atoms with Crippen LogP contribution in [-0.2, 0) is 27.9 Å². The van der Waals surface area contributed by atoms with Crippen molar-refractivity contribution in [3.63, 3.8) is 0 Å². The number of esters is 1. The van der Waals surface area contributed by atoms with E-state index < -0.39 is 26.5 Å². The summed E-state index contributed by atoms with van der Waals surface area (Å²) in [5.41, 5.74) is 0. The van der Waals surface area contributed by atoms with Gasteiger partial charge in [-0.1, -0.05) is 125 Å². The van der Waals surface area contributed by atoms with Gasteiger partial charge in [-0.2, -0.15) is 0 Å². The summed E-state index contributed by atoms with van der Waals surface area (Å²) in [4.78, 5) is 33.7. The Labute approximate surface area is 310 Å². The number of phosphoric ester groups is 1. The van der Waals surface area contributed by atoms with Crippen molar-refractivity contribution < 1.29 is 37.9 Å². The molecule has 0 fully saturated rings. The van der Waals surface area contributed by atoms with Gasteiger partial charge in [0.05, 0.1) is 13.2 Å². The van der Waals surface area contributed by atoms with E-state index >= 15 is 0 Å². The number of carbonyl (C=O) groups excluding carboxylic acids is 2. The Morgan fingerprint density at radius 2 is 1.12 bits per heavy atom. The highest BCUT2D eigenvalue weighted by Gasteiger charge is 2.23. The zero-order valence-electron chi connectivity index (χ0n) is 31.8. The van der Waals surface area contributed by atoms with Crippen molar-refractivity contribution in [2.45, 2.75) is 148 Å². The van der Waals surface area contributed by atoms with Crippen LogP contribution in [0.5, 0.6) is 0 Å². The van der Waals surface area contributed by atoms with E-state index in [0.717, 1.165) is 89.9 Å². The predicted octanol–water partition coefficient (Wildman–Crippen LogP) is 10.3. The highest BCUT2D eigenvalue weighted by Crippen LogP contribution is 2.42. The molecule has 0 saturated carbocycles. The fourth-order valence-electron chi connectivity index (χ4n) is 4.68. The van der Waals surface area contributed by atoms with Crippen LogP contribution in [0, 0.1) is 0 Å². The molecule has 0 aliphatic rings. The monoisotopic (exact) mass is 735 g/mol. The number of aliphatic hydroxyl groups excluding tert-OH is 1. The van der Waals surface area contributed by atoms with Gasteiger partial charge < -0.3 is 20.1 Å². The van der Waals surface area contributed by atoms with Crippen LogP contribution in [0.4, 0.5) is 0 Å². The number of aliphatic hydroxyl groups is 1. The Morgan fingerprint density at radius 1 is 0.627 bits per heavy atom. The summed E-state index contributed by atoms with van der Waals surface area (Å²) in [7, 11) is -4.42. The van der Waals surface area contributed by atoms with Crippen LogP contribution >= 0.6 is 7.82 Å². The Hall–Kier alpha value is -2.55. The lowest BCUT2D eigenvalue weighted by Crippen LogP contribution is -2.27. The number of ether oxygens (including phenoxy) is 1. The fraction of sp³-hybridized carbons (Fsp3) is 0.659. The van der Waals surface area contributed by atoms with Crippen LogP contribution in [0.25, 0.3) is 0 Å². The van der Waals surface area contributed by atoms with Crippen molar-refractivity contribution in [3.8, 4) is 0 Å². The molecule has 292 valence electrons. The van der Waals surface area contributed by atoms with Crippen LogP contribution in [0.2, 0.25) is 0 Å². The average Bonchev–Trinajstić information content (AvgIpc) is 3.11. The maximum absolute atomic E-state index is 12.0. The van der Waals surface area contributed by atoms with Crippen molar-refractivity contribution in [2.24, 2.45) is 0 Å². The van der Waals surface area contributed by atoms with Gasteiger partial charge in [0.2, 0.25) is 5.91 Å². The number of hydrogen-bond donors (Lipinski definition) is 3. The standard InChI is InChI=1S/C41H70NO8P/c1-3-5-7-9-11-13-15-16-17-18-19-20-21-22-24-26-28-30-32-34-41(45)48-37-39(43)38-50-51(46,47)49-36-35-42-40(44)33-31-29-27-25-23-14-12-10-8-6-4-2/h5,7,10-13,16-17,19-20,22,24,39,43H,3-4,6,8-9,14-15,18,21,23,25-38H2,1-2H3,(H,42,44)(H,46,47)/b7-5-,12-10-,13-11-,17-16-,20-19-,24-22-. The number of amides is 1. The summed E-state index contributed by atoms with van der Waals surface area (Å²) in [5.74, 6) is -0.567. The van der Waals surface area contributed by atoms with Gasteiger partial charge in [0, 0.05) is 19.4 Å². The largest absolute Gasteiger partial charge is 0.472 e. The molecule has 10 heteroatoms. The molecule has 0 spiro atoms. The normalized spacial score (nSPS) is 14.2. The quantitative estimate of drug-likeness (QED) is 0.0254. The first-order chi connectivity index (χ1) is 24.8. The number of unbranched alkanes of at least 4 members (excludes halogenated alkanes) is 10. The average molecular weight is 736 g/mol. The highest BCUT2D eigenvalue weighted by molar-refractivity contribution is 7.47. The molecule has 0 heterocycles. The molecule has 0 aromatic rings. The summed E-state index contributed by atoms with van der Waals surface area (Å²) in [5, 5.41) is 12.6. The van der Waals surface area contributed by atoms with Gasteiger partial charge in [0.15, 0.2) is 0 Å². The second-order valence-corrected chi connectivity index (χ2v) is 14.0. The first-order valence-corrected chi connectivity index (χ1v) is 20.9. The van der Waals surface area contributed by atoms with E-state index in [0.29, 0.717) is 12.8 Å². The third-order valence-corrected chi connectivity index (χ3v) is 8.60. The maximum atomic E-state index is 12.0. The summed E-state index contributed by atoms with van der Waals surface area (Å²) < 4.78 is 26.7. The van der Waals surface area contributed by atoms with E-state index in [1.165, 1.54) is 19.3 Å². The van der Waals surface area contributed by atoms with E-state index in [-0.39, 0.29) is 32.1 Å². The van der Waals surface area contributed by atoms with Gasteiger partial charge in [-0.3, -0.25) is 18.6 Å². The summed E-state index contributed by atoms with van der Waals surface area (Å²) >= 11 is 0. The number of nitrogens with one attached hydrogen (secondary N) is 1. The molecule has 2 unspecified atom stereocenters. The molecule has 0 bridgehead atoms. The Kier molecular flexibility index (Phi) is 35.4. The van der Waals surface area contributed by atoms with Crippen molar-refractivity contribution in [3.05, 3.63) is 72.9 Å². The SMILES string of the molecule is CC/C=C\C/C=C\C/C=C\C/C=C\C/C=C\CCCCCC(=O)OCC(O)COP(=O)(O)OCCNC(=O)CCCCCCC/C=C\CCCC. The van der Waals surface area contributed by atoms with Crippen LogP contribution in [-0.4, -0.2) is 54.3 Å². The van der Waals surface area contributed by atoms with Gasteiger partial charge in [-0.05, 0) is 77.0 Å². The zero-order chi connectivity index (χ0) is 37.5. The Balaban J connectivity index is 3.72. The molecule has 2 atom stereocenters. The zero-order valence-corrected chi connectivity index (χ0v) is 32.7. The first-order valence-electron chi connectivity index (χ1n) is 19.4. The van der Waals surface area contributed by atoms with Crippen LogP contribution in [0.1, 0.15) is 142 Å². The topological polar surface area (TPSA) is 131 Å². The van der Waals surface area contributed by atoms with Gasteiger partial charge in [0.25, 0.3) is 0 Å². The van der Waals surface area contributed by atoms with Gasteiger partial charge in [-0.25, -0.2) is 4.57 Å². The van der Waals surface area contributed by atoms with Gasteiger partial charge >= 0.3 is 13.8 Å². The number of hydrogen-bond acceptors (Lipinski definition) is 7. The summed E-state index contributed by atoms with van der Waals surface area (Å²) in [6.45, 7) is 3.32. The molecule has 0 aliphatic heterocycles. The van der Waals surface area contributed by atoms with Crippen LogP contribution < -0.4 is 5.32 Å². The molecule has 51 heavy (non-hydrogen) atoms. The first kappa shape index (κ1) is 48.5. The minimum absolute atomic E-state index is 0.0690. The minimum atomic E-state index is -4.42. The molecule has 0 aliphatic carbocycles. The number of rotatable bonds is 35. The van der Waals surface area contributed by atoms with Crippen LogP contribution in [0.3, 0.4) is 0 Å². The molecule has 9 nitrogen and oxygen atoms in total. The third-order valence-electron chi connectivity index (χ3n) is 7.62. The number of carbonyl (C=O) groups is 2. The fourth-order valence-corrected chi connectivity index (χ4v) is 5.44. The van der Waals surface area contributed by atoms with Crippen molar-refractivity contribution in [1.82, 2.24) is 5.32 Å². The van der Waals surface area contributed by atoms with E-state index in [1.54, 1.807) is 0 Å². The molecule has 0 rings (SSSR count). The lowest BCUT2D eigenvalue weighted by atomic mass is 10.1. The van der Waals surface area contributed by atoms with E-state index in [2.05, 4.69) is 92.1 Å². The summed E-state index contributed by atoms with van der Waals surface area (Å²) in [6, 6.07) is 0. The van der Waals surface area contributed by atoms with Gasteiger partial charge in [-0.15, -0.1) is 0 Å². The highest BCUT2D eigenvalue weighted by atomic mass is 31.2. The molecular formula is C41H70NO8P. The van der Waals surface area contributed by atoms with E-state index in [4.69, 9.17) is 13.8 Å². The maximum Gasteiger partial charge on any atom is 0.472 e. The van der Waals surface area contributed by atoms with Gasteiger partial charge in [0.1, 0.15) is 12.7 Å². The lowest BCUT2D eigenvalue weighted by Gasteiger charge is -2.15. The van der Waals surface area contributed by atoms with E-state index in [9.17, 15) is 24.2 Å². The number of allylic oxidation sites excluding steroid dienone is 12. The third kappa shape index (κ3) is 38.5. The molecule has 0 saturated heterocycles. The van der Waals surface area contributed by atoms with Crippen LogP contribution in [0.15, 0.2) is 72.9 Å². The minimum Gasteiger partial charge on any atom is -0.463 e. The summed E-state index contributed by atoms with van der Waals surface area (Å²) in [6.07, 6.45) is 44.0. The Morgan fingerprint density at radius 3 is 1.73 bits per heavy atom. The Bertz CT molecular complexity index is 1070. The molecule has 0 radical (unpaired) electrons. The molecule has 0 aromatic heterocycles. The van der Waals surface area contributed by atoms with Crippen molar-refractivity contribution in [1.29, 1.82) is 0 Å². The van der Waals surface area contributed by atoms with Crippen molar-refractivity contribution in [2.75, 3.05) is 26.4 Å². The second kappa shape index (κ2) is 37.2. The molecule has 1 amide bonds. The van der Waals surface area contributed by atoms with Crippen molar-refractivity contribution >= 4 is 19.7 Å².